The summed E-state index contributed by atoms with van der Waals surface area (Å²) in [6, 6.07) is 10.6. The molecule has 3 N–H and O–H groups in total. The lowest BCUT2D eigenvalue weighted by Crippen LogP contribution is -2.07. The highest BCUT2D eigenvalue weighted by Crippen LogP contribution is 2.32. The highest BCUT2D eigenvalue weighted by molar-refractivity contribution is 6.02. The Kier molecular flexibility index (Phi) is 3.31. The number of rotatable bonds is 3. The second-order valence-electron chi connectivity index (χ2n) is 5.27. The Hall–Kier alpha value is -3.48. The lowest BCUT2D eigenvalue weighted by Gasteiger charge is -2.02. The molecule has 0 saturated carbocycles. The summed E-state index contributed by atoms with van der Waals surface area (Å²) in [5.74, 6) is 1.09. The molecular weight excluding hydrogens is 310 g/mol. The van der Waals surface area contributed by atoms with Crippen LogP contribution in [0.4, 0.5) is 5.69 Å². The highest BCUT2D eigenvalue weighted by atomic mass is 16.7. The van der Waals surface area contributed by atoms with Crippen molar-refractivity contribution < 1.29 is 14.3 Å². The molecule has 0 radical (unpaired) electrons. The van der Waals surface area contributed by atoms with Crippen molar-refractivity contribution in [1.29, 1.82) is 0 Å². The molecule has 1 aromatic heterocycles. The van der Waals surface area contributed by atoms with Gasteiger partial charge in [-0.25, -0.2) is 4.79 Å². The fourth-order valence-electron chi connectivity index (χ4n) is 2.48. The SMILES string of the molecule is O=C(C=Cc1ccc2c(c1)OCO2)Nc1ccc2[nH]c(=O)[nH]c2c1. The minimum Gasteiger partial charge on any atom is -0.454 e. The van der Waals surface area contributed by atoms with Crippen LogP contribution in [0.3, 0.4) is 0 Å². The van der Waals surface area contributed by atoms with E-state index in [1.165, 1.54) is 6.08 Å². The summed E-state index contributed by atoms with van der Waals surface area (Å²) in [4.78, 5) is 28.6. The fraction of sp³-hybridized carbons (Fsp3) is 0.0588. The number of H-pyrrole nitrogens is 2. The van der Waals surface area contributed by atoms with Crippen molar-refractivity contribution in [3.05, 3.63) is 58.5 Å². The Morgan fingerprint density at radius 1 is 1.04 bits per heavy atom. The monoisotopic (exact) mass is 323 g/mol. The van der Waals surface area contributed by atoms with E-state index >= 15 is 0 Å². The van der Waals surface area contributed by atoms with Crippen molar-refractivity contribution in [2.45, 2.75) is 0 Å². The largest absolute Gasteiger partial charge is 0.454 e. The Morgan fingerprint density at radius 2 is 1.88 bits per heavy atom. The van der Waals surface area contributed by atoms with Crippen LogP contribution in [0.25, 0.3) is 17.1 Å². The van der Waals surface area contributed by atoms with E-state index in [1.807, 2.05) is 12.1 Å². The topological polar surface area (TPSA) is 96.2 Å². The number of nitrogens with one attached hydrogen (secondary N) is 3. The van der Waals surface area contributed by atoms with Gasteiger partial charge < -0.3 is 24.8 Å². The van der Waals surface area contributed by atoms with E-state index in [0.29, 0.717) is 28.2 Å². The molecule has 7 nitrogen and oxygen atoms in total. The predicted molar refractivity (Wildman–Crippen MR) is 89.1 cm³/mol. The molecule has 2 aromatic carbocycles. The van der Waals surface area contributed by atoms with E-state index < -0.39 is 0 Å². The number of aromatic nitrogens is 2. The van der Waals surface area contributed by atoms with Crippen molar-refractivity contribution in [3.63, 3.8) is 0 Å². The molecule has 0 fully saturated rings. The maximum absolute atomic E-state index is 12.0. The maximum Gasteiger partial charge on any atom is 0.323 e. The number of carbonyl (C=O) groups is 1. The van der Waals surface area contributed by atoms with Gasteiger partial charge >= 0.3 is 5.69 Å². The van der Waals surface area contributed by atoms with E-state index in [9.17, 15) is 9.59 Å². The third-order valence-corrected chi connectivity index (χ3v) is 3.61. The minimum atomic E-state index is -0.281. The van der Waals surface area contributed by atoms with Gasteiger partial charge in [-0.3, -0.25) is 4.79 Å². The van der Waals surface area contributed by atoms with Gasteiger partial charge in [0.25, 0.3) is 0 Å². The summed E-state index contributed by atoms with van der Waals surface area (Å²) in [5.41, 5.74) is 2.47. The van der Waals surface area contributed by atoms with Crippen LogP contribution >= 0.6 is 0 Å². The van der Waals surface area contributed by atoms with Gasteiger partial charge in [0.15, 0.2) is 11.5 Å². The zero-order chi connectivity index (χ0) is 16.5. The third-order valence-electron chi connectivity index (χ3n) is 3.61. The zero-order valence-electron chi connectivity index (χ0n) is 12.5. The van der Waals surface area contributed by atoms with Crippen molar-refractivity contribution in [2.24, 2.45) is 0 Å². The first-order valence-corrected chi connectivity index (χ1v) is 7.28. The zero-order valence-corrected chi connectivity index (χ0v) is 12.5. The van der Waals surface area contributed by atoms with Gasteiger partial charge in [-0.05, 0) is 42.0 Å². The molecule has 2 heterocycles. The van der Waals surface area contributed by atoms with Gasteiger partial charge in [-0.1, -0.05) is 6.07 Å². The van der Waals surface area contributed by atoms with Crippen LogP contribution in [0.15, 0.2) is 47.3 Å². The first-order valence-electron chi connectivity index (χ1n) is 7.28. The normalized spacial score (nSPS) is 12.8. The molecule has 7 heteroatoms. The summed E-state index contributed by atoms with van der Waals surface area (Å²) in [7, 11) is 0. The molecule has 4 rings (SSSR count). The standard InChI is InChI=1S/C17H13N3O4/c21-16(6-2-10-1-5-14-15(7-10)24-9-23-14)18-11-3-4-12-13(8-11)20-17(22)19-12/h1-8H,9H2,(H,18,21)(H2,19,20,22). The molecule has 0 atom stereocenters. The molecule has 0 unspecified atom stereocenters. The fourth-order valence-corrected chi connectivity index (χ4v) is 2.48. The van der Waals surface area contributed by atoms with E-state index in [1.54, 1.807) is 30.3 Å². The molecule has 0 bridgehead atoms. The predicted octanol–water partition coefficient (Wildman–Crippen LogP) is 2.24. The summed E-state index contributed by atoms with van der Waals surface area (Å²) < 4.78 is 10.5. The number of benzene rings is 2. The van der Waals surface area contributed by atoms with Crippen LogP contribution in [0.2, 0.25) is 0 Å². The van der Waals surface area contributed by atoms with E-state index in [4.69, 9.17) is 9.47 Å². The summed E-state index contributed by atoms with van der Waals surface area (Å²) in [6.45, 7) is 0.215. The second-order valence-corrected chi connectivity index (χ2v) is 5.27. The molecule has 120 valence electrons. The Labute approximate surface area is 135 Å². The van der Waals surface area contributed by atoms with Crippen molar-refractivity contribution >= 4 is 28.7 Å². The van der Waals surface area contributed by atoms with Crippen molar-refractivity contribution in [2.75, 3.05) is 12.1 Å². The van der Waals surface area contributed by atoms with Crippen molar-refractivity contribution in [1.82, 2.24) is 9.97 Å². The Bertz CT molecular complexity index is 1020. The average Bonchev–Trinajstić information content (AvgIpc) is 3.17. The van der Waals surface area contributed by atoms with Crippen LogP contribution in [0.1, 0.15) is 5.56 Å². The number of fused-ring (bicyclic) bond motifs is 2. The smallest absolute Gasteiger partial charge is 0.323 e. The molecule has 24 heavy (non-hydrogen) atoms. The number of hydrogen-bond acceptors (Lipinski definition) is 4. The number of amides is 1. The van der Waals surface area contributed by atoms with E-state index in [0.717, 1.165) is 5.56 Å². The Morgan fingerprint density at radius 3 is 2.79 bits per heavy atom. The van der Waals surface area contributed by atoms with Gasteiger partial charge in [0.1, 0.15) is 0 Å². The number of aromatic amines is 2. The van der Waals surface area contributed by atoms with Crippen LogP contribution in [-0.2, 0) is 4.79 Å². The van der Waals surface area contributed by atoms with Crippen molar-refractivity contribution in [3.8, 4) is 11.5 Å². The minimum absolute atomic E-state index is 0.215. The first-order chi connectivity index (χ1) is 11.7. The molecule has 1 amide bonds. The summed E-state index contributed by atoms with van der Waals surface area (Å²) >= 11 is 0. The molecular formula is C17H13N3O4. The van der Waals surface area contributed by atoms with Gasteiger partial charge in [0.05, 0.1) is 11.0 Å². The number of imidazole rings is 1. The second kappa shape index (κ2) is 5.62. The van der Waals surface area contributed by atoms with Gasteiger partial charge in [-0.15, -0.1) is 0 Å². The molecule has 0 aliphatic carbocycles. The van der Waals surface area contributed by atoms with Crippen LogP contribution in [0.5, 0.6) is 11.5 Å². The maximum atomic E-state index is 12.0. The quantitative estimate of drug-likeness (QED) is 0.644. The molecule has 0 spiro atoms. The number of ether oxygens (including phenoxy) is 2. The van der Waals surface area contributed by atoms with E-state index in [-0.39, 0.29) is 18.4 Å². The number of anilines is 1. The van der Waals surface area contributed by atoms with Gasteiger partial charge in [0, 0.05) is 11.8 Å². The molecule has 3 aromatic rings. The average molecular weight is 323 g/mol. The summed E-state index contributed by atoms with van der Waals surface area (Å²) in [6.07, 6.45) is 3.12. The van der Waals surface area contributed by atoms with Gasteiger partial charge in [-0.2, -0.15) is 0 Å². The third kappa shape index (κ3) is 2.74. The lowest BCUT2D eigenvalue weighted by atomic mass is 10.2. The van der Waals surface area contributed by atoms with Crippen LogP contribution in [0, 0.1) is 0 Å². The first kappa shape index (κ1) is 14.1. The molecule has 1 aliphatic rings. The van der Waals surface area contributed by atoms with Crippen LogP contribution in [-0.4, -0.2) is 22.7 Å². The molecule has 1 aliphatic heterocycles. The highest BCUT2D eigenvalue weighted by Gasteiger charge is 2.12. The molecule has 0 saturated heterocycles. The lowest BCUT2D eigenvalue weighted by molar-refractivity contribution is -0.111. The number of carbonyl (C=O) groups excluding carboxylic acids is 1. The number of hydrogen-bond donors (Lipinski definition) is 3. The van der Waals surface area contributed by atoms with Crippen LogP contribution < -0.4 is 20.5 Å². The van der Waals surface area contributed by atoms with Gasteiger partial charge in [0.2, 0.25) is 12.7 Å². The Balaban J connectivity index is 1.48. The summed E-state index contributed by atoms with van der Waals surface area (Å²) in [5, 5.41) is 2.75. The van der Waals surface area contributed by atoms with E-state index in [2.05, 4.69) is 15.3 Å².